The molecule has 2 N–H and O–H groups in total. The van der Waals surface area contributed by atoms with Crippen molar-refractivity contribution in [3.8, 4) is 23.3 Å². The van der Waals surface area contributed by atoms with Crippen LogP contribution in [-0.4, -0.2) is 71.0 Å². The van der Waals surface area contributed by atoms with Crippen molar-refractivity contribution < 1.29 is 28.5 Å². The lowest BCUT2D eigenvalue weighted by molar-refractivity contribution is -0.145. The maximum Gasteiger partial charge on any atom is 0.411 e. The normalized spacial score (nSPS) is 17.1. The fraction of sp³-hybridized carbons (Fsp3) is 0.407. The Balaban J connectivity index is 1.75. The Morgan fingerprint density at radius 3 is 2.34 bits per heavy atom. The second-order valence-electron chi connectivity index (χ2n) is 9.82. The SMILES string of the molecule is COC(=O)[C@@H]1C[C@H](n2cc(C#Cc3cc(OC)cc(OC)c3)c3c(N)ncnc32)CN1C(=O)OC(C)(C)C. The molecule has 38 heavy (non-hydrogen) atoms. The maximum atomic E-state index is 13.0. The molecule has 11 nitrogen and oxygen atoms in total. The van der Waals surface area contributed by atoms with E-state index in [4.69, 9.17) is 24.7 Å². The van der Waals surface area contributed by atoms with Gasteiger partial charge in [-0.3, -0.25) is 4.90 Å². The van der Waals surface area contributed by atoms with Crippen LogP contribution < -0.4 is 15.2 Å². The van der Waals surface area contributed by atoms with Crippen molar-refractivity contribution in [2.24, 2.45) is 0 Å². The lowest BCUT2D eigenvalue weighted by Gasteiger charge is -2.27. The molecule has 3 aromatic rings. The van der Waals surface area contributed by atoms with E-state index in [1.165, 1.54) is 18.3 Å². The van der Waals surface area contributed by atoms with Gasteiger partial charge in [0.05, 0.1) is 38.3 Å². The highest BCUT2D eigenvalue weighted by Gasteiger charge is 2.43. The predicted molar refractivity (Wildman–Crippen MR) is 140 cm³/mol. The zero-order chi connectivity index (χ0) is 27.6. The Kier molecular flexibility index (Phi) is 7.35. The second kappa shape index (κ2) is 10.5. The summed E-state index contributed by atoms with van der Waals surface area (Å²) in [4.78, 5) is 35.5. The first-order chi connectivity index (χ1) is 18.0. The van der Waals surface area contributed by atoms with Crippen LogP contribution in [0.25, 0.3) is 11.0 Å². The molecule has 0 saturated carbocycles. The van der Waals surface area contributed by atoms with E-state index < -0.39 is 23.7 Å². The molecule has 11 heteroatoms. The van der Waals surface area contributed by atoms with Gasteiger partial charge in [0.1, 0.15) is 40.9 Å². The van der Waals surface area contributed by atoms with Crippen molar-refractivity contribution in [1.82, 2.24) is 19.4 Å². The number of carbonyl (C=O) groups excluding carboxylic acids is 2. The summed E-state index contributed by atoms with van der Waals surface area (Å²) in [6.07, 6.45) is 2.90. The van der Waals surface area contributed by atoms with Crippen LogP contribution >= 0.6 is 0 Å². The fourth-order valence-electron chi connectivity index (χ4n) is 4.40. The van der Waals surface area contributed by atoms with Gasteiger partial charge in [-0.2, -0.15) is 0 Å². The molecule has 2 atom stereocenters. The van der Waals surface area contributed by atoms with Gasteiger partial charge in [0.25, 0.3) is 0 Å². The number of nitrogens with two attached hydrogens (primary N) is 1. The molecule has 0 radical (unpaired) electrons. The zero-order valence-electron chi connectivity index (χ0n) is 22.3. The number of anilines is 1. The van der Waals surface area contributed by atoms with Crippen molar-refractivity contribution >= 4 is 28.9 Å². The predicted octanol–water partition coefficient (Wildman–Crippen LogP) is 3.15. The number of carbonyl (C=O) groups is 2. The summed E-state index contributed by atoms with van der Waals surface area (Å²) in [5.41, 5.74) is 7.35. The smallest absolute Gasteiger partial charge is 0.411 e. The highest BCUT2D eigenvalue weighted by atomic mass is 16.6. The van der Waals surface area contributed by atoms with Gasteiger partial charge in [-0.25, -0.2) is 19.6 Å². The minimum atomic E-state index is -0.810. The number of rotatable bonds is 4. The van der Waals surface area contributed by atoms with E-state index in [1.54, 1.807) is 53.2 Å². The topological polar surface area (TPSA) is 131 Å². The highest BCUT2D eigenvalue weighted by molar-refractivity contribution is 5.92. The van der Waals surface area contributed by atoms with Gasteiger partial charge in [-0.1, -0.05) is 11.8 Å². The van der Waals surface area contributed by atoms with Crippen LogP contribution in [0.2, 0.25) is 0 Å². The summed E-state index contributed by atoms with van der Waals surface area (Å²) < 4.78 is 23.1. The third kappa shape index (κ3) is 5.44. The molecule has 1 fully saturated rings. The number of nitrogen functional groups attached to an aromatic ring is 1. The van der Waals surface area contributed by atoms with E-state index in [2.05, 4.69) is 21.8 Å². The largest absolute Gasteiger partial charge is 0.497 e. The summed E-state index contributed by atoms with van der Waals surface area (Å²) in [6, 6.07) is 4.24. The average molecular weight is 522 g/mol. The molecular formula is C27H31N5O6. The lowest BCUT2D eigenvalue weighted by atomic mass is 10.1. The standard InChI is InChI=1S/C27H31N5O6/c1-27(2,3)38-26(34)32-14-18(11-21(32)25(33)37-6)31-13-17(22-23(28)29-15-30-24(22)31)8-7-16-9-19(35-4)12-20(10-16)36-5/h9-10,12-13,15,18,21H,11,14H2,1-6H3,(H2,28,29,30)/t18-,21-/m0/s1. The van der Waals surface area contributed by atoms with Gasteiger partial charge in [0.15, 0.2) is 0 Å². The highest BCUT2D eigenvalue weighted by Crippen LogP contribution is 2.34. The lowest BCUT2D eigenvalue weighted by Crippen LogP contribution is -2.43. The second-order valence-corrected chi connectivity index (χ2v) is 9.82. The number of hydrogen-bond acceptors (Lipinski definition) is 9. The summed E-state index contributed by atoms with van der Waals surface area (Å²) in [5.74, 6) is 7.27. The first-order valence-corrected chi connectivity index (χ1v) is 12.0. The molecule has 0 unspecified atom stereocenters. The van der Waals surface area contributed by atoms with E-state index in [0.29, 0.717) is 40.1 Å². The molecule has 1 aliphatic heterocycles. The fourth-order valence-corrected chi connectivity index (χ4v) is 4.40. The van der Waals surface area contributed by atoms with E-state index in [1.807, 2.05) is 10.8 Å². The minimum absolute atomic E-state index is 0.211. The van der Waals surface area contributed by atoms with Crippen molar-refractivity contribution in [2.45, 2.75) is 44.9 Å². The summed E-state index contributed by atoms with van der Waals surface area (Å²) in [6.45, 7) is 5.52. The van der Waals surface area contributed by atoms with Crippen LogP contribution in [0.3, 0.4) is 0 Å². The van der Waals surface area contributed by atoms with Gasteiger partial charge in [0.2, 0.25) is 0 Å². The third-order valence-corrected chi connectivity index (χ3v) is 6.11. The Labute approximate surface area is 220 Å². The van der Waals surface area contributed by atoms with Crippen LogP contribution in [0.15, 0.2) is 30.7 Å². The van der Waals surface area contributed by atoms with Gasteiger partial charge >= 0.3 is 12.1 Å². The molecule has 1 amide bonds. The van der Waals surface area contributed by atoms with Crippen molar-refractivity contribution in [3.63, 3.8) is 0 Å². The summed E-state index contributed by atoms with van der Waals surface area (Å²) >= 11 is 0. The molecular weight excluding hydrogens is 490 g/mol. The number of benzene rings is 1. The number of nitrogens with zero attached hydrogens (tertiary/aromatic N) is 4. The van der Waals surface area contributed by atoms with E-state index in [-0.39, 0.29) is 18.4 Å². The van der Waals surface area contributed by atoms with Gasteiger partial charge in [0, 0.05) is 30.8 Å². The van der Waals surface area contributed by atoms with Crippen LogP contribution in [0.5, 0.6) is 11.5 Å². The quantitative estimate of drug-likeness (QED) is 0.406. The van der Waals surface area contributed by atoms with Crippen molar-refractivity contribution in [1.29, 1.82) is 0 Å². The maximum absolute atomic E-state index is 13.0. The van der Waals surface area contributed by atoms with Crippen molar-refractivity contribution in [3.05, 3.63) is 41.9 Å². The van der Waals surface area contributed by atoms with Crippen LogP contribution in [0.1, 0.15) is 44.4 Å². The Bertz CT molecular complexity index is 1410. The minimum Gasteiger partial charge on any atom is -0.497 e. The van der Waals surface area contributed by atoms with Gasteiger partial charge < -0.3 is 29.2 Å². The summed E-state index contributed by atoms with van der Waals surface area (Å²) in [7, 11) is 4.44. The molecule has 3 heterocycles. The Morgan fingerprint density at radius 2 is 1.74 bits per heavy atom. The summed E-state index contributed by atoms with van der Waals surface area (Å²) in [5, 5.41) is 0.584. The van der Waals surface area contributed by atoms with Gasteiger partial charge in [-0.05, 0) is 32.9 Å². The van der Waals surface area contributed by atoms with Gasteiger partial charge in [-0.15, -0.1) is 0 Å². The van der Waals surface area contributed by atoms with Crippen molar-refractivity contribution in [2.75, 3.05) is 33.6 Å². The number of aromatic nitrogens is 3. The number of methoxy groups -OCH3 is 3. The Hall–Kier alpha value is -4.46. The number of fused-ring (bicyclic) bond motifs is 1. The number of hydrogen-bond donors (Lipinski definition) is 1. The number of amides is 1. The monoisotopic (exact) mass is 521 g/mol. The van der Waals surface area contributed by atoms with E-state index in [0.717, 1.165) is 0 Å². The van der Waals surface area contributed by atoms with Crippen LogP contribution in [0.4, 0.5) is 10.6 Å². The first-order valence-electron chi connectivity index (χ1n) is 12.0. The van der Waals surface area contributed by atoms with E-state index in [9.17, 15) is 9.59 Å². The number of likely N-dealkylation sites (tertiary alicyclic amines) is 1. The molecule has 4 rings (SSSR count). The first kappa shape index (κ1) is 26.6. The Morgan fingerprint density at radius 1 is 1.05 bits per heavy atom. The molecule has 200 valence electrons. The van der Waals surface area contributed by atoms with Crippen LogP contribution in [-0.2, 0) is 14.3 Å². The molecule has 1 aliphatic rings. The third-order valence-electron chi connectivity index (χ3n) is 6.11. The molecule has 0 spiro atoms. The molecule has 2 aromatic heterocycles. The molecule has 0 bridgehead atoms. The molecule has 1 aromatic carbocycles. The molecule has 1 saturated heterocycles. The molecule has 0 aliphatic carbocycles. The number of esters is 1. The van der Waals surface area contributed by atoms with E-state index >= 15 is 0 Å². The zero-order valence-corrected chi connectivity index (χ0v) is 22.3. The van der Waals surface area contributed by atoms with Crippen LogP contribution in [0, 0.1) is 11.8 Å². The number of ether oxygens (including phenoxy) is 4. The average Bonchev–Trinajstić information content (AvgIpc) is 3.48.